The highest BCUT2D eigenvalue weighted by atomic mass is 32.1. The van der Waals surface area contributed by atoms with Gasteiger partial charge < -0.3 is 14.8 Å². The molecule has 0 fully saturated rings. The van der Waals surface area contributed by atoms with Gasteiger partial charge in [-0.15, -0.1) is 0 Å². The van der Waals surface area contributed by atoms with Crippen molar-refractivity contribution in [2.24, 2.45) is 0 Å². The van der Waals surface area contributed by atoms with Gasteiger partial charge in [-0.05, 0) is 62.3 Å². The molecule has 1 amide bonds. The van der Waals surface area contributed by atoms with Crippen molar-refractivity contribution in [3.63, 3.8) is 0 Å². The number of anilines is 1. The van der Waals surface area contributed by atoms with Crippen molar-refractivity contribution in [3.8, 4) is 11.5 Å². The minimum absolute atomic E-state index is 0.133. The number of nitrogens with one attached hydrogen (secondary N) is 2. The third-order valence-corrected chi connectivity index (χ3v) is 4.30. The monoisotopic (exact) mass is 400 g/mol. The third-order valence-electron chi connectivity index (χ3n) is 4.09. The smallest absolute Gasteiger partial charge is 0.257 e. The maximum absolute atomic E-state index is 12.5. The van der Waals surface area contributed by atoms with Crippen LogP contribution >= 0.6 is 12.2 Å². The topological polar surface area (TPSA) is 59.6 Å². The minimum Gasteiger partial charge on any atom is -0.494 e. The van der Waals surface area contributed by atoms with E-state index in [1.807, 2.05) is 37.3 Å². The van der Waals surface area contributed by atoms with Crippen LogP contribution in [0.3, 0.4) is 0 Å². The van der Waals surface area contributed by atoms with E-state index in [2.05, 4.69) is 24.5 Å². The summed E-state index contributed by atoms with van der Waals surface area (Å²) in [5.74, 6) is 1.14. The lowest BCUT2D eigenvalue weighted by Crippen LogP contribution is -2.34. The van der Waals surface area contributed by atoms with Crippen molar-refractivity contribution in [2.75, 3.05) is 11.9 Å². The van der Waals surface area contributed by atoms with Crippen molar-refractivity contribution >= 4 is 28.9 Å². The van der Waals surface area contributed by atoms with Gasteiger partial charge in [-0.25, -0.2) is 0 Å². The Kier molecular flexibility index (Phi) is 8.75. The van der Waals surface area contributed by atoms with Crippen molar-refractivity contribution in [3.05, 3.63) is 54.1 Å². The van der Waals surface area contributed by atoms with Gasteiger partial charge in [0.25, 0.3) is 5.91 Å². The van der Waals surface area contributed by atoms with E-state index < -0.39 is 0 Å². The second-order valence-electron chi connectivity index (χ2n) is 6.50. The predicted octanol–water partition coefficient (Wildman–Crippen LogP) is 5.17. The number of amides is 1. The molecule has 0 saturated heterocycles. The first kappa shape index (κ1) is 21.7. The number of thiocarbonyl (C=S) groups is 1. The molecule has 0 aromatic heterocycles. The fourth-order valence-electron chi connectivity index (χ4n) is 2.36. The predicted molar refractivity (Wildman–Crippen MR) is 117 cm³/mol. The molecule has 150 valence electrons. The van der Waals surface area contributed by atoms with Gasteiger partial charge in [0, 0.05) is 17.3 Å². The van der Waals surface area contributed by atoms with Crippen LogP contribution in [0.2, 0.25) is 0 Å². The molecular weight excluding hydrogens is 372 g/mol. The van der Waals surface area contributed by atoms with Crippen LogP contribution in [0.25, 0.3) is 0 Å². The molecule has 2 aromatic rings. The average molecular weight is 401 g/mol. The van der Waals surface area contributed by atoms with Crippen LogP contribution in [0.1, 0.15) is 50.4 Å². The highest BCUT2D eigenvalue weighted by Gasteiger charge is 2.10. The van der Waals surface area contributed by atoms with Crippen LogP contribution < -0.4 is 20.1 Å². The first-order chi connectivity index (χ1) is 13.5. The number of rotatable bonds is 9. The van der Waals surface area contributed by atoms with E-state index in [4.69, 9.17) is 21.7 Å². The summed E-state index contributed by atoms with van der Waals surface area (Å²) in [5.41, 5.74) is 1.25. The van der Waals surface area contributed by atoms with E-state index in [0.717, 1.165) is 30.7 Å². The zero-order valence-corrected chi connectivity index (χ0v) is 17.5. The Morgan fingerprint density at radius 2 is 1.86 bits per heavy atom. The maximum Gasteiger partial charge on any atom is 0.257 e. The van der Waals surface area contributed by atoms with Gasteiger partial charge in [0.2, 0.25) is 0 Å². The van der Waals surface area contributed by atoms with Crippen LogP contribution in [-0.2, 0) is 0 Å². The number of benzene rings is 2. The van der Waals surface area contributed by atoms with Crippen molar-refractivity contribution in [2.45, 2.75) is 46.1 Å². The molecule has 2 N–H and O–H groups in total. The minimum atomic E-state index is -0.287. The molecule has 1 unspecified atom stereocenters. The Hall–Kier alpha value is -2.60. The molecule has 0 saturated carbocycles. The summed E-state index contributed by atoms with van der Waals surface area (Å²) in [5, 5.41) is 5.94. The standard InChI is InChI=1S/C22H28N2O3S/c1-4-6-13-26-19-11-7-9-17(14-19)21(25)24-22(28)23-18-10-8-12-20(15-18)27-16(3)5-2/h7-12,14-16H,4-6,13H2,1-3H3,(H2,23,24,25,28). The van der Waals surface area contributed by atoms with Crippen LogP contribution in [0.4, 0.5) is 5.69 Å². The van der Waals surface area contributed by atoms with Crippen LogP contribution in [0, 0.1) is 0 Å². The molecule has 1 atom stereocenters. The number of carbonyl (C=O) groups is 1. The molecule has 0 spiro atoms. The zero-order chi connectivity index (χ0) is 20.4. The van der Waals surface area contributed by atoms with Gasteiger partial charge in [-0.3, -0.25) is 10.1 Å². The van der Waals surface area contributed by atoms with Gasteiger partial charge in [-0.2, -0.15) is 0 Å². The Bertz CT molecular complexity index is 795. The third kappa shape index (κ3) is 7.19. The van der Waals surface area contributed by atoms with Gasteiger partial charge in [0.15, 0.2) is 5.11 Å². The highest BCUT2D eigenvalue weighted by molar-refractivity contribution is 7.80. The molecule has 2 rings (SSSR count). The molecule has 0 heterocycles. The summed E-state index contributed by atoms with van der Waals surface area (Å²) in [7, 11) is 0. The van der Waals surface area contributed by atoms with E-state index in [0.29, 0.717) is 17.9 Å². The molecule has 0 aliphatic carbocycles. The molecule has 2 aromatic carbocycles. The lowest BCUT2D eigenvalue weighted by atomic mass is 10.2. The van der Waals surface area contributed by atoms with E-state index in [-0.39, 0.29) is 17.1 Å². The Balaban J connectivity index is 1.93. The summed E-state index contributed by atoms with van der Waals surface area (Å²) in [4.78, 5) is 12.5. The number of unbranched alkanes of at least 4 members (excludes halogenated alkanes) is 1. The highest BCUT2D eigenvalue weighted by Crippen LogP contribution is 2.19. The second kappa shape index (κ2) is 11.3. The molecule has 6 heteroatoms. The first-order valence-electron chi connectivity index (χ1n) is 9.63. The van der Waals surface area contributed by atoms with E-state index >= 15 is 0 Å². The molecule has 0 aliphatic rings. The molecule has 0 radical (unpaired) electrons. The van der Waals surface area contributed by atoms with Gasteiger partial charge in [-0.1, -0.05) is 32.4 Å². The fraction of sp³-hybridized carbons (Fsp3) is 0.364. The summed E-state index contributed by atoms with van der Waals surface area (Å²) >= 11 is 5.27. The number of ether oxygens (including phenoxy) is 2. The molecule has 28 heavy (non-hydrogen) atoms. The maximum atomic E-state index is 12.5. The lowest BCUT2D eigenvalue weighted by molar-refractivity contribution is 0.0977. The van der Waals surface area contributed by atoms with E-state index in [1.165, 1.54) is 0 Å². The molecular formula is C22H28N2O3S. The normalized spacial score (nSPS) is 11.4. The number of hydrogen-bond acceptors (Lipinski definition) is 4. The van der Waals surface area contributed by atoms with E-state index in [1.54, 1.807) is 18.2 Å². The summed E-state index contributed by atoms with van der Waals surface area (Å²) in [6.07, 6.45) is 3.09. The Labute approximate surface area is 172 Å². The van der Waals surface area contributed by atoms with Crippen LogP contribution in [-0.4, -0.2) is 23.7 Å². The van der Waals surface area contributed by atoms with Crippen molar-refractivity contribution in [1.29, 1.82) is 0 Å². The second-order valence-corrected chi connectivity index (χ2v) is 6.91. The number of carbonyl (C=O) groups excluding carboxylic acids is 1. The average Bonchev–Trinajstić information content (AvgIpc) is 2.68. The summed E-state index contributed by atoms with van der Waals surface area (Å²) in [6.45, 7) is 6.83. The van der Waals surface area contributed by atoms with Gasteiger partial charge in [0.1, 0.15) is 11.5 Å². The van der Waals surface area contributed by atoms with Crippen molar-refractivity contribution in [1.82, 2.24) is 5.32 Å². The summed E-state index contributed by atoms with van der Waals surface area (Å²) < 4.78 is 11.5. The van der Waals surface area contributed by atoms with Gasteiger partial charge in [0.05, 0.1) is 12.7 Å². The molecule has 0 bridgehead atoms. The first-order valence-corrected chi connectivity index (χ1v) is 10.0. The number of hydrogen-bond donors (Lipinski definition) is 2. The van der Waals surface area contributed by atoms with Crippen LogP contribution in [0.5, 0.6) is 11.5 Å². The van der Waals surface area contributed by atoms with Crippen molar-refractivity contribution < 1.29 is 14.3 Å². The van der Waals surface area contributed by atoms with E-state index in [9.17, 15) is 4.79 Å². The van der Waals surface area contributed by atoms with Crippen LogP contribution in [0.15, 0.2) is 48.5 Å². The molecule has 5 nitrogen and oxygen atoms in total. The SMILES string of the molecule is CCCCOc1cccc(C(=O)NC(=S)Nc2cccc(OC(C)CC)c2)c1. The fourth-order valence-corrected chi connectivity index (χ4v) is 2.57. The molecule has 0 aliphatic heterocycles. The Morgan fingerprint density at radius 1 is 1.11 bits per heavy atom. The summed E-state index contributed by atoms with van der Waals surface area (Å²) in [6, 6.07) is 14.6. The van der Waals surface area contributed by atoms with Gasteiger partial charge >= 0.3 is 0 Å². The zero-order valence-electron chi connectivity index (χ0n) is 16.7. The Morgan fingerprint density at radius 3 is 2.61 bits per heavy atom. The lowest BCUT2D eigenvalue weighted by Gasteiger charge is -2.14. The quantitative estimate of drug-likeness (QED) is 0.449. The largest absolute Gasteiger partial charge is 0.494 e.